The molecule has 0 spiro atoms. The molecule has 1 aromatic heterocycles. The Balaban J connectivity index is 1.86. The van der Waals surface area contributed by atoms with Crippen LogP contribution in [0.25, 0.3) is 0 Å². The molecular formula is C19H17FN2O3. The fourth-order valence-corrected chi connectivity index (χ4v) is 2.54. The number of esters is 1. The molecule has 25 heavy (non-hydrogen) atoms. The average Bonchev–Trinajstić information content (AvgIpc) is 3.13. The SMILES string of the molecule is COc1cc(F)ccc1OC(=O)c1cncn1[C@H](C)c1ccccc1. The Morgan fingerprint density at radius 2 is 1.92 bits per heavy atom. The van der Waals surface area contributed by atoms with Crippen molar-refractivity contribution in [3.8, 4) is 11.5 Å². The summed E-state index contributed by atoms with van der Waals surface area (Å²) in [5.74, 6) is -0.769. The second-order valence-electron chi connectivity index (χ2n) is 5.46. The van der Waals surface area contributed by atoms with Crippen LogP contribution in [0, 0.1) is 5.82 Å². The number of hydrogen-bond acceptors (Lipinski definition) is 4. The molecule has 0 amide bonds. The molecule has 0 saturated heterocycles. The van der Waals surface area contributed by atoms with Gasteiger partial charge in [0.05, 0.1) is 25.7 Å². The minimum absolute atomic E-state index is 0.0960. The van der Waals surface area contributed by atoms with Crippen molar-refractivity contribution in [3.05, 3.63) is 78.1 Å². The largest absolute Gasteiger partial charge is 0.493 e. The van der Waals surface area contributed by atoms with E-state index in [4.69, 9.17) is 9.47 Å². The molecule has 0 aliphatic carbocycles. The summed E-state index contributed by atoms with van der Waals surface area (Å²) in [4.78, 5) is 16.6. The molecule has 0 N–H and O–H groups in total. The van der Waals surface area contributed by atoms with Crippen molar-refractivity contribution < 1.29 is 18.7 Å². The topological polar surface area (TPSA) is 53.4 Å². The fraction of sp³-hybridized carbons (Fsp3) is 0.158. The van der Waals surface area contributed by atoms with Crippen LogP contribution in [0.15, 0.2) is 61.1 Å². The number of imidazole rings is 1. The van der Waals surface area contributed by atoms with Crippen LogP contribution in [0.3, 0.4) is 0 Å². The minimum Gasteiger partial charge on any atom is -0.493 e. The summed E-state index contributed by atoms with van der Waals surface area (Å²) in [6, 6.07) is 13.4. The van der Waals surface area contributed by atoms with E-state index in [0.29, 0.717) is 5.69 Å². The van der Waals surface area contributed by atoms with Gasteiger partial charge in [-0.1, -0.05) is 30.3 Å². The summed E-state index contributed by atoms with van der Waals surface area (Å²) in [6.45, 7) is 1.96. The highest BCUT2D eigenvalue weighted by Gasteiger charge is 2.20. The number of aromatic nitrogens is 2. The lowest BCUT2D eigenvalue weighted by Gasteiger charge is -2.16. The van der Waals surface area contributed by atoms with Crippen LogP contribution in [0.2, 0.25) is 0 Å². The van der Waals surface area contributed by atoms with Gasteiger partial charge in [-0.05, 0) is 24.6 Å². The maximum atomic E-state index is 13.3. The smallest absolute Gasteiger partial charge is 0.362 e. The highest BCUT2D eigenvalue weighted by atomic mass is 19.1. The molecule has 0 radical (unpaired) electrons. The standard InChI is InChI=1S/C19H17FN2O3/c1-13(14-6-4-3-5-7-14)22-12-21-11-16(22)19(23)25-17-9-8-15(20)10-18(17)24-2/h3-13H,1-2H3/t13-/m1/s1. The third kappa shape index (κ3) is 3.52. The second-order valence-corrected chi connectivity index (χ2v) is 5.46. The summed E-state index contributed by atoms with van der Waals surface area (Å²) in [7, 11) is 1.38. The molecule has 1 atom stereocenters. The van der Waals surface area contributed by atoms with Gasteiger partial charge < -0.3 is 14.0 Å². The van der Waals surface area contributed by atoms with E-state index in [2.05, 4.69) is 4.98 Å². The van der Waals surface area contributed by atoms with Gasteiger partial charge in [0.25, 0.3) is 0 Å². The Bertz CT molecular complexity index is 877. The minimum atomic E-state index is -0.592. The number of halogens is 1. The third-order valence-electron chi connectivity index (χ3n) is 3.90. The highest BCUT2D eigenvalue weighted by molar-refractivity contribution is 5.89. The van der Waals surface area contributed by atoms with E-state index in [1.165, 1.54) is 25.4 Å². The predicted molar refractivity (Wildman–Crippen MR) is 90.4 cm³/mol. The Morgan fingerprint density at radius 1 is 1.16 bits per heavy atom. The Kier molecular flexibility index (Phi) is 4.79. The van der Waals surface area contributed by atoms with Gasteiger partial charge in [0.2, 0.25) is 0 Å². The van der Waals surface area contributed by atoms with Crippen molar-refractivity contribution in [3.63, 3.8) is 0 Å². The number of methoxy groups -OCH3 is 1. The van der Waals surface area contributed by atoms with Crippen molar-refractivity contribution >= 4 is 5.97 Å². The zero-order valence-corrected chi connectivity index (χ0v) is 13.8. The van der Waals surface area contributed by atoms with Gasteiger partial charge in [-0.15, -0.1) is 0 Å². The molecule has 0 aliphatic heterocycles. The lowest BCUT2D eigenvalue weighted by molar-refractivity contribution is 0.0717. The first-order chi connectivity index (χ1) is 12.1. The molecular weight excluding hydrogens is 323 g/mol. The lowest BCUT2D eigenvalue weighted by Crippen LogP contribution is -2.17. The molecule has 1 heterocycles. The molecule has 3 rings (SSSR count). The first kappa shape index (κ1) is 16.7. The summed E-state index contributed by atoms with van der Waals surface area (Å²) in [5, 5.41) is 0. The molecule has 0 bridgehead atoms. The molecule has 2 aromatic carbocycles. The lowest BCUT2D eigenvalue weighted by atomic mass is 10.1. The maximum Gasteiger partial charge on any atom is 0.362 e. The summed E-state index contributed by atoms with van der Waals surface area (Å²) in [5.41, 5.74) is 1.33. The highest BCUT2D eigenvalue weighted by Crippen LogP contribution is 2.28. The monoisotopic (exact) mass is 340 g/mol. The summed E-state index contributed by atoms with van der Waals surface area (Å²) >= 11 is 0. The van der Waals surface area contributed by atoms with Gasteiger partial charge in [0.15, 0.2) is 11.5 Å². The van der Waals surface area contributed by atoms with Crippen LogP contribution in [-0.2, 0) is 0 Å². The molecule has 0 fully saturated rings. The quantitative estimate of drug-likeness (QED) is 0.523. The van der Waals surface area contributed by atoms with E-state index in [9.17, 15) is 9.18 Å². The van der Waals surface area contributed by atoms with E-state index >= 15 is 0 Å². The van der Waals surface area contributed by atoms with Crippen molar-refractivity contribution in [1.82, 2.24) is 9.55 Å². The number of hydrogen-bond donors (Lipinski definition) is 0. The Morgan fingerprint density at radius 3 is 2.64 bits per heavy atom. The third-order valence-corrected chi connectivity index (χ3v) is 3.90. The zero-order chi connectivity index (χ0) is 17.8. The van der Waals surface area contributed by atoms with Gasteiger partial charge in [-0.25, -0.2) is 14.2 Å². The van der Waals surface area contributed by atoms with E-state index in [1.807, 2.05) is 37.3 Å². The first-order valence-corrected chi connectivity index (χ1v) is 7.72. The van der Waals surface area contributed by atoms with Gasteiger partial charge in [0, 0.05) is 6.07 Å². The second kappa shape index (κ2) is 7.17. The number of ether oxygens (including phenoxy) is 2. The van der Waals surface area contributed by atoms with Gasteiger partial charge >= 0.3 is 5.97 Å². The Hall–Kier alpha value is -3.15. The van der Waals surface area contributed by atoms with Crippen molar-refractivity contribution in [2.45, 2.75) is 13.0 Å². The van der Waals surface area contributed by atoms with Crippen LogP contribution in [0.5, 0.6) is 11.5 Å². The zero-order valence-electron chi connectivity index (χ0n) is 13.8. The molecule has 5 nitrogen and oxygen atoms in total. The normalized spacial score (nSPS) is 11.8. The van der Waals surface area contributed by atoms with Gasteiger partial charge in [-0.2, -0.15) is 0 Å². The number of benzene rings is 2. The molecule has 128 valence electrons. The van der Waals surface area contributed by atoms with E-state index in [0.717, 1.165) is 11.6 Å². The van der Waals surface area contributed by atoms with Crippen LogP contribution in [-0.4, -0.2) is 22.6 Å². The van der Waals surface area contributed by atoms with Gasteiger partial charge in [0.1, 0.15) is 11.5 Å². The number of rotatable bonds is 5. The van der Waals surface area contributed by atoms with Crippen LogP contribution < -0.4 is 9.47 Å². The molecule has 3 aromatic rings. The van der Waals surface area contributed by atoms with Gasteiger partial charge in [-0.3, -0.25) is 0 Å². The van der Waals surface area contributed by atoms with Crippen molar-refractivity contribution in [2.75, 3.05) is 7.11 Å². The summed E-state index contributed by atoms with van der Waals surface area (Å²) in [6.07, 6.45) is 3.02. The maximum absolute atomic E-state index is 13.3. The molecule has 0 saturated carbocycles. The number of carbonyl (C=O) groups excluding carboxylic acids is 1. The van der Waals surface area contributed by atoms with Crippen molar-refractivity contribution in [2.24, 2.45) is 0 Å². The predicted octanol–water partition coefficient (Wildman–Crippen LogP) is 3.86. The van der Waals surface area contributed by atoms with E-state index in [-0.39, 0.29) is 17.5 Å². The summed E-state index contributed by atoms with van der Waals surface area (Å²) < 4.78 is 25.4. The first-order valence-electron chi connectivity index (χ1n) is 7.72. The van der Waals surface area contributed by atoms with Crippen LogP contribution in [0.1, 0.15) is 29.0 Å². The van der Waals surface area contributed by atoms with E-state index < -0.39 is 11.8 Å². The number of nitrogens with zero attached hydrogens (tertiary/aromatic N) is 2. The van der Waals surface area contributed by atoms with Crippen LogP contribution >= 0.6 is 0 Å². The number of carbonyl (C=O) groups is 1. The van der Waals surface area contributed by atoms with E-state index in [1.54, 1.807) is 10.9 Å². The fourth-order valence-electron chi connectivity index (χ4n) is 2.54. The molecule has 0 unspecified atom stereocenters. The van der Waals surface area contributed by atoms with Crippen molar-refractivity contribution in [1.29, 1.82) is 0 Å². The average molecular weight is 340 g/mol. The van der Waals surface area contributed by atoms with Crippen LogP contribution in [0.4, 0.5) is 4.39 Å². The molecule has 0 aliphatic rings. The molecule has 6 heteroatoms. The Labute approximate surface area is 144 Å².